The van der Waals surface area contributed by atoms with Crippen LogP contribution in [0.1, 0.15) is 48.3 Å². The van der Waals surface area contributed by atoms with Gasteiger partial charge in [-0.2, -0.15) is 0 Å². The zero-order valence-corrected chi connectivity index (χ0v) is 15.1. The van der Waals surface area contributed by atoms with Gasteiger partial charge in [-0.1, -0.05) is 24.2 Å². The van der Waals surface area contributed by atoms with E-state index in [9.17, 15) is 4.79 Å². The molecule has 0 aliphatic carbocycles. The van der Waals surface area contributed by atoms with E-state index in [1.54, 1.807) is 6.07 Å². The van der Waals surface area contributed by atoms with Gasteiger partial charge in [0.2, 0.25) is 0 Å². The van der Waals surface area contributed by atoms with Gasteiger partial charge in [-0.05, 0) is 37.3 Å². The van der Waals surface area contributed by atoms with Gasteiger partial charge in [-0.3, -0.25) is 4.79 Å². The number of aryl methyl sites for hydroxylation is 1. The maximum absolute atomic E-state index is 12.7. The van der Waals surface area contributed by atoms with Crippen molar-refractivity contribution >= 4 is 16.9 Å². The predicted molar refractivity (Wildman–Crippen MR) is 98.9 cm³/mol. The second kappa shape index (κ2) is 7.32. The van der Waals surface area contributed by atoms with Gasteiger partial charge in [0, 0.05) is 32.0 Å². The number of hydrogen-bond acceptors (Lipinski definition) is 4. The predicted octanol–water partition coefficient (Wildman–Crippen LogP) is 3.60. The number of carbonyl (C=O) groups excluding carboxylic acids is 1. The third kappa shape index (κ3) is 3.49. The van der Waals surface area contributed by atoms with Gasteiger partial charge in [0.1, 0.15) is 11.6 Å². The molecule has 1 aliphatic heterocycles. The minimum absolute atomic E-state index is 0.0228. The second-order valence-electron chi connectivity index (χ2n) is 7.09. The van der Waals surface area contributed by atoms with Crippen molar-refractivity contribution in [2.75, 3.05) is 13.1 Å². The zero-order valence-electron chi connectivity index (χ0n) is 15.1. The molecule has 3 aromatic rings. The van der Waals surface area contributed by atoms with Crippen LogP contribution >= 0.6 is 0 Å². The molecule has 6 heteroatoms. The summed E-state index contributed by atoms with van der Waals surface area (Å²) in [5.74, 6) is 2.17. The number of amides is 1. The van der Waals surface area contributed by atoms with Gasteiger partial charge in [-0.25, -0.2) is 4.98 Å². The molecule has 0 bridgehead atoms. The summed E-state index contributed by atoms with van der Waals surface area (Å²) >= 11 is 0. The highest BCUT2D eigenvalue weighted by Crippen LogP contribution is 2.23. The molecule has 1 amide bonds. The molecule has 1 saturated heterocycles. The van der Waals surface area contributed by atoms with Gasteiger partial charge in [0.25, 0.3) is 5.91 Å². The summed E-state index contributed by atoms with van der Waals surface area (Å²) in [5.41, 5.74) is 2.49. The van der Waals surface area contributed by atoms with E-state index >= 15 is 0 Å². The van der Waals surface area contributed by atoms with E-state index in [2.05, 4.69) is 22.0 Å². The number of nitrogens with zero attached hydrogens (tertiary/aromatic N) is 3. The number of imidazole rings is 1. The highest BCUT2D eigenvalue weighted by atomic mass is 16.5. The number of aromatic nitrogens is 3. The molecule has 26 heavy (non-hydrogen) atoms. The Hall–Kier alpha value is -2.63. The normalized spacial score (nSPS) is 17.7. The third-order valence-electron chi connectivity index (χ3n) is 5.00. The van der Waals surface area contributed by atoms with E-state index in [4.69, 9.17) is 4.52 Å². The number of hydrogen-bond donors (Lipinski definition) is 1. The fourth-order valence-electron chi connectivity index (χ4n) is 3.73. The molecule has 0 saturated carbocycles. The number of rotatable bonds is 5. The first-order valence-electron chi connectivity index (χ1n) is 9.41. The highest BCUT2D eigenvalue weighted by Gasteiger charge is 2.27. The lowest BCUT2D eigenvalue weighted by atomic mass is 9.94. The number of fused-ring (bicyclic) bond motifs is 1. The molecular formula is C20H24N4O2. The maximum Gasteiger partial charge on any atom is 0.276 e. The molecule has 3 heterocycles. The molecule has 1 fully saturated rings. The fraction of sp³-hybridized carbons (Fsp3) is 0.450. The highest BCUT2D eigenvalue weighted by molar-refractivity contribution is 5.92. The number of benzene rings is 1. The second-order valence-corrected chi connectivity index (χ2v) is 7.09. The Labute approximate surface area is 152 Å². The number of carbonyl (C=O) groups is 1. The van der Waals surface area contributed by atoms with Crippen molar-refractivity contribution in [2.45, 2.75) is 39.0 Å². The van der Waals surface area contributed by atoms with E-state index in [-0.39, 0.29) is 5.91 Å². The summed E-state index contributed by atoms with van der Waals surface area (Å²) in [6, 6.07) is 9.86. The van der Waals surface area contributed by atoms with Crippen molar-refractivity contribution in [3.63, 3.8) is 0 Å². The van der Waals surface area contributed by atoms with Crippen molar-refractivity contribution in [1.29, 1.82) is 0 Å². The van der Waals surface area contributed by atoms with E-state index in [1.165, 1.54) is 0 Å². The van der Waals surface area contributed by atoms with Crippen molar-refractivity contribution < 1.29 is 9.32 Å². The average molecular weight is 352 g/mol. The first kappa shape index (κ1) is 16.8. The van der Waals surface area contributed by atoms with Crippen LogP contribution in [-0.2, 0) is 12.8 Å². The molecule has 4 rings (SSSR count). The Morgan fingerprint density at radius 2 is 2.27 bits per heavy atom. The monoisotopic (exact) mass is 352 g/mol. The Balaban J connectivity index is 1.42. The molecule has 1 atom stereocenters. The summed E-state index contributed by atoms with van der Waals surface area (Å²) < 4.78 is 5.26. The van der Waals surface area contributed by atoms with Crippen LogP contribution in [0.2, 0.25) is 0 Å². The quantitative estimate of drug-likeness (QED) is 0.761. The summed E-state index contributed by atoms with van der Waals surface area (Å²) in [5, 5.41) is 3.96. The third-order valence-corrected chi connectivity index (χ3v) is 5.00. The van der Waals surface area contributed by atoms with E-state index in [0.29, 0.717) is 11.6 Å². The fourth-order valence-corrected chi connectivity index (χ4v) is 3.73. The van der Waals surface area contributed by atoms with Crippen LogP contribution in [0.3, 0.4) is 0 Å². The van der Waals surface area contributed by atoms with Crippen molar-refractivity contribution in [1.82, 2.24) is 20.0 Å². The number of likely N-dealkylation sites (tertiary alicyclic amines) is 1. The molecule has 0 unspecified atom stereocenters. The smallest absolute Gasteiger partial charge is 0.276 e. The van der Waals surface area contributed by atoms with Crippen LogP contribution in [-0.4, -0.2) is 39.0 Å². The minimum Gasteiger partial charge on any atom is -0.361 e. The Kier molecular flexibility index (Phi) is 4.73. The number of para-hydroxylation sites is 2. The molecule has 1 aromatic carbocycles. The lowest BCUT2D eigenvalue weighted by Crippen LogP contribution is -2.40. The number of H-pyrrole nitrogens is 1. The van der Waals surface area contributed by atoms with Gasteiger partial charge in [0.05, 0.1) is 11.0 Å². The maximum atomic E-state index is 12.7. The number of nitrogens with one attached hydrogen (secondary N) is 1. The van der Waals surface area contributed by atoms with Gasteiger partial charge in [-0.15, -0.1) is 0 Å². The Morgan fingerprint density at radius 1 is 1.38 bits per heavy atom. The zero-order chi connectivity index (χ0) is 17.9. The first-order chi connectivity index (χ1) is 12.7. The van der Waals surface area contributed by atoms with Crippen LogP contribution in [0.15, 0.2) is 34.9 Å². The minimum atomic E-state index is -0.0228. The molecule has 1 aliphatic rings. The van der Waals surface area contributed by atoms with Gasteiger partial charge >= 0.3 is 0 Å². The lowest BCUT2D eigenvalue weighted by molar-refractivity contribution is 0.0661. The van der Waals surface area contributed by atoms with Crippen LogP contribution in [0.25, 0.3) is 11.0 Å². The van der Waals surface area contributed by atoms with Crippen molar-refractivity contribution in [2.24, 2.45) is 5.92 Å². The standard InChI is InChI=1S/C20H24N4O2/c1-2-6-15-12-18(23-26-15)20(25)24-10-5-7-14(13-24)11-19-21-16-8-3-4-9-17(16)22-19/h3-4,8-9,12,14H,2,5-7,10-11,13H2,1H3,(H,21,22)/t14-/m0/s1. The van der Waals surface area contributed by atoms with Crippen LogP contribution in [0.5, 0.6) is 0 Å². The first-order valence-corrected chi connectivity index (χ1v) is 9.41. The molecular weight excluding hydrogens is 328 g/mol. The van der Waals surface area contributed by atoms with Gasteiger partial charge in [0.15, 0.2) is 5.69 Å². The van der Waals surface area contributed by atoms with Gasteiger partial charge < -0.3 is 14.4 Å². The molecule has 0 spiro atoms. The molecule has 136 valence electrons. The van der Waals surface area contributed by atoms with E-state index < -0.39 is 0 Å². The molecule has 2 aromatic heterocycles. The summed E-state index contributed by atoms with van der Waals surface area (Å²) in [7, 11) is 0. The summed E-state index contributed by atoms with van der Waals surface area (Å²) in [6.45, 7) is 3.61. The van der Waals surface area contributed by atoms with E-state index in [0.717, 1.165) is 67.8 Å². The average Bonchev–Trinajstić information content (AvgIpc) is 3.28. The number of aromatic amines is 1. The van der Waals surface area contributed by atoms with Crippen LogP contribution < -0.4 is 0 Å². The molecule has 1 N–H and O–H groups in total. The molecule has 6 nitrogen and oxygen atoms in total. The summed E-state index contributed by atoms with van der Waals surface area (Å²) in [4.78, 5) is 22.7. The lowest BCUT2D eigenvalue weighted by Gasteiger charge is -2.31. The Bertz CT molecular complexity index is 865. The SMILES string of the molecule is CCCc1cc(C(=O)N2CCC[C@@H](Cc3nc4ccccc4[nH]3)C2)no1. The summed E-state index contributed by atoms with van der Waals surface area (Å²) in [6.07, 6.45) is 4.77. The van der Waals surface area contributed by atoms with Crippen LogP contribution in [0, 0.1) is 5.92 Å². The van der Waals surface area contributed by atoms with Crippen molar-refractivity contribution in [3.8, 4) is 0 Å². The van der Waals surface area contributed by atoms with Crippen molar-refractivity contribution in [3.05, 3.63) is 47.6 Å². The Morgan fingerprint density at radius 3 is 3.12 bits per heavy atom. The van der Waals surface area contributed by atoms with E-state index in [1.807, 2.05) is 29.2 Å². The van der Waals surface area contributed by atoms with Crippen LogP contribution in [0.4, 0.5) is 0 Å². The topological polar surface area (TPSA) is 75.0 Å². The molecule has 0 radical (unpaired) electrons. The largest absolute Gasteiger partial charge is 0.361 e. The number of piperidine rings is 1.